The zero-order valence-electron chi connectivity index (χ0n) is 19.0. The van der Waals surface area contributed by atoms with Crippen molar-refractivity contribution in [1.29, 1.82) is 0 Å². The summed E-state index contributed by atoms with van der Waals surface area (Å²) in [5.74, 6) is 0.127. The van der Waals surface area contributed by atoms with Crippen LogP contribution in [0.15, 0.2) is 59.5 Å². The van der Waals surface area contributed by atoms with E-state index in [1.807, 2.05) is 54.3 Å². The van der Waals surface area contributed by atoms with Gasteiger partial charge in [-0.2, -0.15) is 0 Å². The first-order chi connectivity index (χ1) is 15.8. The van der Waals surface area contributed by atoms with E-state index in [-0.39, 0.29) is 5.91 Å². The Morgan fingerprint density at radius 3 is 2.42 bits per heavy atom. The largest absolute Gasteiger partial charge is 0.341 e. The van der Waals surface area contributed by atoms with Gasteiger partial charge in [-0.05, 0) is 31.0 Å². The van der Waals surface area contributed by atoms with E-state index in [4.69, 9.17) is 4.98 Å². The summed E-state index contributed by atoms with van der Waals surface area (Å²) in [4.78, 5) is 23.5. The Kier molecular flexibility index (Phi) is 7.26. The van der Waals surface area contributed by atoms with Crippen molar-refractivity contribution < 1.29 is 13.2 Å². The number of amides is 1. The molecule has 1 fully saturated rings. The number of thiazole rings is 1. The molecule has 1 aromatic heterocycles. The van der Waals surface area contributed by atoms with Gasteiger partial charge in [-0.15, -0.1) is 11.3 Å². The van der Waals surface area contributed by atoms with Gasteiger partial charge in [0.05, 0.1) is 17.0 Å². The molecule has 0 atom stereocenters. The molecule has 0 aliphatic carbocycles. The second-order valence-electron chi connectivity index (χ2n) is 8.49. The summed E-state index contributed by atoms with van der Waals surface area (Å²) in [6.07, 6.45) is 2.47. The molecule has 6 nitrogen and oxygen atoms in total. The van der Waals surface area contributed by atoms with Gasteiger partial charge in [0.25, 0.3) is 0 Å². The van der Waals surface area contributed by atoms with Crippen LogP contribution in [0, 0.1) is 6.92 Å². The van der Waals surface area contributed by atoms with Crippen LogP contribution in [-0.4, -0.2) is 61.5 Å². The third-order valence-electron chi connectivity index (χ3n) is 5.93. The lowest BCUT2D eigenvalue weighted by molar-refractivity contribution is -0.130. The predicted octanol–water partition coefficient (Wildman–Crippen LogP) is 3.80. The van der Waals surface area contributed by atoms with E-state index in [1.54, 1.807) is 23.5 Å². The van der Waals surface area contributed by atoms with Crippen LogP contribution in [0.3, 0.4) is 0 Å². The molecule has 0 bridgehead atoms. The number of rotatable bonds is 6. The fourth-order valence-electron chi connectivity index (χ4n) is 4.03. The Morgan fingerprint density at radius 1 is 1.00 bits per heavy atom. The van der Waals surface area contributed by atoms with Gasteiger partial charge in [0, 0.05) is 49.4 Å². The standard InChI is InChI=1S/C25H29N3O3S2/c1-19-23(26-25(32-19)21-7-4-3-5-8-21)17-24(29)28-14-6-13-27(15-16-28)18-20-9-11-22(12-10-20)33(2,30)31/h3-5,7-12H,6,13-18H2,1-2H3. The van der Waals surface area contributed by atoms with E-state index in [1.165, 1.54) is 6.26 Å². The maximum atomic E-state index is 13.0. The van der Waals surface area contributed by atoms with E-state index in [9.17, 15) is 13.2 Å². The molecule has 1 amide bonds. The molecule has 0 spiro atoms. The van der Waals surface area contributed by atoms with Crippen molar-refractivity contribution in [3.63, 3.8) is 0 Å². The lowest BCUT2D eigenvalue weighted by Crippen LogP contribution is -2.36. The number of carbonyl (C=O) groups is 1. The van der Waals surface area contributed by atoms with Gasteiger partial charge >= 0.3 is 0 Å². The third kappa shape index (κ3) is 6.07. The van der Waals surface area contributed by atoms with Crippen LogP contribution in [-0.2, 0) is 27.6 Å². The lowest BCUT2D eigenvalue weighted by atomic mass is 10.2. The molecule has 33 heavy (non-hydrogen) atoms. The van der Waals surface area contributed by atoms with Crippen LogP contribution < -0.4 is 0 Å². The molecule has 4 rings (SSSR count). The summed E-state index contributed by atoms with van der Waals surface area (Å²) in [5.41, 5.74) is 3.03. The van der Waals surface area contributed by atoms with Gasteiger partial charge in [-0.3, -0.25) is 9.69 Å². The summed E-state index contributed by atoms with van der Waals surface area (Å²) in [5, 5.41) is 0.958. The molecule has 1 aliphatic rings. The summed E-state index contributed by atoms with van der Waals surface area (Å²) in [7, 11) is -3.18. The first-order valence-electron chi connectivity index (χ1n) is 11.1. The van der Waals surface area contributed by atoms with E-state index in [0.717, 1.165) is 59.3 Å². The maximum Gasteiger partial charge on any atom is 0.228 e. The second-order valence-corrected chi connectivity index (χ2v) is 11.7. The molecule has 0 N–H and O–H groups in total. The van der Waals surface area contributed by atoms with Crippen molar-refractivity contribution in [2.45, 2.75) is 31.2 Å². The number of hydrogen-bond donors (Lipinski definition) is 0. The number of sulfone groups is 1. The minimum Gasteiger partial charge on any atom is -0.341 e. The van der Waals surface area contributed by atoms with Crippen molar-refractivity contribution in [1.82, 2.24) is 14.8 Å². The van der Waals surface area contributed by atoms with Crippen molar-refractivity contribution >= 4 is 27.1 Å². The van der Waals surface area contributed by atoms with Gasteiger partial charge < -0.3 is 4.90 Å². The highest BCUT2D eigenvalue weighted by Gasteiger charge is 2.21. The van der Waals surface area contributed by atoms with Crippen molar-refractivity contribution in [3.05, 3.63) is 70.7 Å². The Bertz CT molecular complexity index is 1210. The Morgan fingerprint density at radius 2 is 1.73 bits per heavy atom. The Hall–Kier alpha value is -2.55. The highest BCUT2D eigenvalue weighted by atomic mass is 32.2. The molecular formula is C25H29N3O3S2. The normalized spacial score (nSPS) is 15.4. The summed E-state index contributed by atoms with van der Waals surface area (Å²) < 4.78 is 23.3. The molecule has 2 heterocycles. The van der Waals surface area contributed by atoms with E-state index >= 15 is 0 Å². The summed E-state index contributed by atoms with van der Waals surface area (Å²) in [6.45, 7) is 5.92. The monoisotopic (exact) mass is 483 g/mol. The molecule has 1 aliphatic heterocycles. The van der Waals surface area contributed by atoms with Crippen LogP contribution in [0.25, 0.3) is 10.6 Å². The quantitative estimate of drug-likeness (QED) is 0.533. The molecular weight excluding hydrogens is 454 g/mol. The van der Waals surface area contributed by atoms with E-state index < -0.39 is 9.84 Å². The average molecular weight is 484 g/mol. The summed E-state index contributed by atoms with van der Waals surface area (Å²) >= 11 is 1.64. The van der Waals surface area contributed by atoms with Gasteiger partial charge in [0.15, 0.2) is 9.84 Å². The first kappa shape index (κ1) is 23.6. The van der Waals surface area contributed by atoms with Crippen LogP contribution >= 0.6 is 11.3 Å². The molecule has 8 heteroatoms. The predicted molar refractivity (Wildman–Crippen MR) is 132 cm³/mol. The van der Waals surface area contributed by atoms with Gasteiger partial charge in [-0.1, -0.05) is 42.5 Å². The minimum absolute atomic E-state index is 0.127. The third-order valence-corrected chi connectivity index (χ3v) is 8.12. The Labute approximate surface area is 199 Å². The van der Waals surface area contributed by atoms with Crippen molar-refractivity contribution in [2.24, 2.45) is 0 Å². The molecule has 1 saturated heterocycles. The fraction of sp³-hybridized carbons (Fsp3) is 0.360. The van der Waals surface area contributed by atoms with Gasteiger partial charge in [0.2, 0.25) is 5.91 Å². The van der Waals surface area contributed by atoms with E-state index in [2.05, 4.69) is 4.90 Å². The van der Waals surface area contributed by atoms with Crippen LogP contribution in [0.5, 0.6) is 0 Å². The number of benzene rings is 2. The molecule has 174 valence electrons. The number of hydrogen-bond acceptors (Lipinski definition) is 6. The molecule has 0 radical (unpaired) electrons. The summed E-state index contributed by atoms with van der Waals surface area (Å²) in [6, 6.07) is 17.2. The number of aryl methyl sites for hydroxylation is 1. The van der Waals surface area contributed by atoms with Gasteiger partial charge in [0.1, 0.15) is 5.01 Å². The second kappa shape index (κ2) is 10.2. The van der Waals surface area contributed by atoms with Gasteiger partial charge in [-0.25, -0.2) is 13.4 Å². The highest BCUT2D eigenvalue weighted by molar-refractivity contribution is 7.90. The zero-order valence-corrected chi connectivity index (χ0v) is 20.7. The van der Waals surface area contributed by atoms with Crippen molar-refractivity contribution in [3.8, 4) is 10.6 Å². The smallest absolute Gasteiger partial charge is 0.228 e. The Balaban J connectivity index is 1.34. The van der Waals surface area contributed by atoms with Crippen molar-refractivity contribution in [2.75, 3.05) is 32.4 Å². The molecule has 0 saturated carbocycles. The zero-order chi connectivity index (χ0) is 23.4. The average Bonchev–Trinajstić information content (AvgIpc) is 3.00. The first-order valence-corrected chi connectivity index (χ1v) is 13.8. The van der Waals surface area contributed by atoms with Crippen LogP contribution in [0.4, 0.5) is 0 Å². The lowest BCUT2D eigenvalue weighted by Gasteiger charge is -2.22. The van der Waals surface area contributed by atoms with E-state index in [0.29, 0.717) is 17.9 Å². The topological polar surface area (TPSA) is 70.6 Å². The highest BCUT2D eigenvalue weighted by Crippen LogP contribution is 2.28. The molecule has 3 aromatic rings. The number of nitrogens with zero attached hydrogens (tertiary/aromatic N) is 3. The molecule has 0 unspecified atom stereocenters. The minimum atomic E-state index is -3.18. The van der Waals surface area contributed by atoms with Crippen LogP contribution in [0.2, 0.25) is 0 Å². The molecule has 2 aromatic carbocycles. The maximum absolute atomic E-state index is 13.0. The SMILES string of the molecule is Cc1sc(-c2ccccc2)nc1CC(=O)N1CCCN(Cc2ccc(S(C)(=O)=O)cc2)CC1. The fourth-order valence-corrected chi connectivity index (χ4v) is 5.60. The number of aromatic nitrogens is 1. The number of carbonyl (C=O) groups excluding carboxylic acids is 1. The van der Waals surface area contributed by atoms with Crippen LogP contribution in [0.1, 0.15) is 22.6 Å².